The van der Waals surface area contributed by atoms with Gasteiger partial charge in [-0.3, -0.25) is 14.5 Å². The largest absolute Gasteiger partial charge is 0.342 e. The van der Waals surface area contributed by atoms with Crippen LogP contribution in [0.15, 0.2) is 54.6 Å². The number of carbonyl (C=O) groups is 2. The van der Waals surface area contributed by atoms with E-state index in [9.17, 15) is 14.0 Å². The van der Waals surface area contributed by atoms with Gasteiger partial charge in [0.2, 0.25) is 5.91 Å². The third kappa shape index (κ3) is 4.67. The van der Waals surface area contributed by atoms with Crippen molar-refractivity contribution < 1.29 is 14.0 Å². The fraction of sp³-hybridized carbons (Fsp3) is 0.481. The molecule has 0 aliphatic carbocycles. The second-order valence-corrected chi connectivity index (χ2v) is 9.68. The van der Waals surface area contributed by atoms with Crippen molar-refractivity contribution in [2.24, 2.45) is 5.92 Å². The highest BCUT2D eigenvalue weighted by Gasteiger charge is 2.47. The molecule has 0 bridgehead atoms. The third-order valence-corrected chi connectivity index (χ3v) is 7.66. The van der Waals surface area contributed by atoms with Gasteiger partial charge < -0.3 is 9.80 Å². The van der Waals surface area contributed by atoms with Gasteiger partial charge >= 0.3 is 0 Å². The summed E-state index contributed by atoms with van der Waals surface area (Å²) in [5.41, 5.74) is 1.78. The summed E-state index contributed by atoms with van der Waals surface area (Å²) in [6.07, 6.45) is 4.26. The first-order valence-corrected chi connectivity index (χ1v) is 12.2. The Bertz CT molecular complexity index is 975. The van der Waals surface area contributed by atoms with E-state index in [4.69, 9.17) is 0 Å². The van der Waals surface area contributed by atoms with Crippen molar-refractivity contribution in [2.75, 3.05) is 39.3 Å². The van der Waals surface area contributed by atoms with Gasteiger partial charge in [-0.05, 0) is 55.5 Å². The Labute approximate surface area is 195 Å². The highest BCUT2D eigenvalue weighted by atomic mass is 19.1. The van der Waals surface area contributed by atoms with Crippen LogP contribution in [-0.4, -0.2) is 71.8 Å². The van der Waals surface area contributed by atoms with E-state index in [0.29, 0.717) is 18.7 Å². The van der Waals surface area contributed by atoms with E-state index in [0.717, 1.165) is 51.0 Å². The van der Waals surface area contributed by atoms with Gasteiger partial charge in [0.15, 0.2) is 0 Å². The molecule has 6 heteroatoms. The SMILES string of the molecule is O=C(CN1CC[C@@H]2[C@H](C1)[C@@H](c1ccc(F)cc1)CN2C(=O)c1ccccc1)N1CCCCC1. The number of benzene rings is 2. The molecule has 5 nitrogen and oxygen atoms in total. The van der Waals surface area contributed by atoms with Crippen LogP contribution >= 0.6 is 0 Å². The molecule has 3 aliphatic heterocycles. The Kier molecular flexibility index (Phi) is 6.45. The molecule has 3 fully saturated rings. The van der Waals surface area contributed by atoms with Crippen LogP contribution in [0.25, 0.3) is 0 Å². The van der Waals surface area contributed by atoms with E-state index in [1.54, 1.807) is 0 Å². The Morgan fingerprint density at radius 2 is 1.61 bits per heavy atom. The normalized spacial score (nSPS) is 25.7. The monoisotopic (exact) mass is 449 g/mol. The summed E-state index contributed by atoms with van der Waals surface area (Å²) < 4.78 is 13.6. The van der Waals surface area contributed by atoms with Crippen LogP contribution < -0.4 is 0 Å². The molecule has 0 saturated carbocycles. The van der Waals surface area contributed by atoms with Gasteiger partial charge in [0.25, 0.3) is 5.91 Å². The molecule has 2 amide bonds. The minimum absolute atomic E-state index is 0.0630. The highest BCUT2D eigenvalue weighted by Crippen LogP contribution is 2.42. The molecule has 33 heavy (non-hydrogen) atoms. The van der Waals surface area contributed by atoms with Gasteiger partial charge in [0.05, 0.1) is 6.54 Å². The van der Waals surface area contributed by atoms with Crippen LogP contribution in [0.4, 0.5) is 4.39 Å². The van der Waals surface area contributed by atoms with Crippen molar-refractivity contribution >= 4 is 11.8 Å². The van der Waals surface area contributed by atoms with Crippen molar-refractivity contribution in [1.29, 1.82) is 0 Å². The Morgan fingerprint density at radius 1 is 0.879 bits per heavy atom. The molecule has 3 aliphatic rings. The Morgan fingerprint density at radius 3 is 2.33 bits per heavy atom. The standard InChI is InChI=1S/C27H32FN3O2/c28-22-11-9-20(10-12-22)23-18-31(27(33)21-7-3-1-4-8-21)25-13-16-29(17-24(23)25)19-26(32)30-14-5-2-6-15-30/h1,3-4,7-12,23-25H,2,5-6,13-19H2/t23-,24-,25-/m1/s1. The number of likely N-dealkylation sites (tertiary alicyclic amines) is 3. The van der Waals surface area contributed by atoms with Gasteiger partial charge in [-0.15, -0.1) is 0 Å². The van der Waals surface area contributed by atoms with Gasteiger partial charge in [-0.1, -0.05) is 30.3 Å². The smallest absolute Gasteiger partial charge is 0.254 e. The number of hydrogen-bond acceptors (Lipinski definition) is 3. The summed E-state index contributed by atoms with van der Waals surface area (Å²) in [4.78, 5) is 32.6. The zero-order chi connectivity index (χ0) is 22.8. The zero-order valence-electron chi connectivity index (χ0n) is 19.0. The number of nitrogens with zero attached hydrogens (tertiary/aromatic N) is 3. The highest BCUT2D eigenvalue weighted by molar-refractivity contribution is 5.94. The average molecular weight is 450 g/mol. The lowest BCUT2D eigenvalue weighted by Gasteiger charge is -2.39. The lowest BCUT2D eigenvalue weighted by molar-refractivity contribution is -0.133. The second kappa shape index (κ2) is 9.64. The Hall–Kier alpha value is -2.73. The number of rotatable bonds is 4. The molecule has 0 N–H and O–H groups in total. The van der Waals surface area contributed by atoms with E-state index in [1.807, 2.05) is 52.3 Å². The molecular weight excluding hydrogens is 417 g/mol. The third-order valence-electron chi connectivity index (χ3n) is 7.66. The first kappa shape index (κ1) is 22.1. The van der Waals surface area contributed by atoms with Crippen LogP contribution in [0.1, 0.15) is 47.5 Å². The second-order valence-electron chi connectivity index (χ2n) is 9.68. The summed E-state index contributed by atoms with van der Waals surface area (Å²) in [6, 6.07) is 16.3. The molecule has 2 aromatic carbocycles. The van der Waals surface area contributed by atoms with Crippen LogP contribution in [-0.2, 0) is 4.79 Å². The number of halogens is 1. The fourth-order valence-corrected chi connectivity index (χ4v) is 5.93. The Balaban J connectivity index is 1.35. The zero-order valence-corrected chi connectivity index (χ0v) is 19.0. The first-order valence-electron chi connectivity index (χ1n) is 12.2. The van der Waals surface area contributed by atoms with E-state index in [2.05, 4.69) is 4.90 Å². The van der Waals surface area contributed by atoms with E-state index < -0.39 is 0 Å². The summed E-state index contributed by atoms with van der Waals surface area (Å²) in [5, 5.41) is 0. The van der Waals surface area contributed by atoms with Gasteiger partial charge in [0.1, 0.15) is 5.82 Å². The van der Waals surface area contributed by atoms with Crippen molar-refractivity contribution in [1.82, 2.24) is 14.7 Å². The maximum atomic E-state index is 13.6. The predicted molar refractivity (Wildman–Crippen MR) is 125 cm³/mol. The molecule has 0 spiro atoms. The summed E-state index contributed by atoms with van der Waals surface area (Å²) in [5.74, 6) is 0.403. The molecule has 2 aromatic rings. The molecular formula is C27H32FN3O2. The van der Waals surface area contributed by atoms with E-state index in [1.165, 1.54) is 18.6 Å². The molecule has 0 unspecified atom stereocenters. The van der Waals surface area contributed by atoms with Crippen LogP contribution in [0, 0.1) is 11.7 Å². The van der Waals surface area contributed by atoms with Crippen molar-refractivity contribution in [3.05, 3.63) is 71.5 Å². The lowest BCUT2D eigenvalue weighted by Crippen LogP contribution is -2.51. The topological polar surface area (TPSA) is 43.9 Å². The van der Waals surface area contributed by atoms with Crippen LogP contribution in [0.2, 0.25) is 0 Å². The minimum Gasteiger partial charge on any atom is -0.342 e. The van der Waals surface area contributed by atoms with Crippen molar-refractivity contribution in [3.63, 3.8) is 0 Å². The number of hydrogen-bond donors (Lipinski definition) is 0. The van der Waals surface area contributed by atoms with E-state index in [-0.39, 0.29) is 35.5 Å². The predicted octanol–water partition coefficient (Wildman–Crippen LogP) is 3.77. The minimum atomic E-state index is -0.247. The number of fused-ring (bicyclic) bond motifs is 1. The van der Waals surface area contributed by atoms with Crippen molar-refractivity contribution in [3.8, 4) is 0 Å². The molecule has 3 saturated heterocycles. The molecule has 0 aromatic heterocycles. The first-order chi connectivity index (χ1) is 16.1. The molecule has 3 atom stereocenters. The van der Waals surface area contributed by atoms with E-state index >= 15 is 0 Å². The van der Waals surface area contributed by atoms with Gasteiger partial charge in [-0.2, -0.15) is 0 Å². The molecule has 0 radical (unpaired) electrons. The average Bonchev–Trinajstić information content (AvgIpc) is 3.24. The molecule has 3 heterocycles. The quantitative estimate of drug-likeness (QED) is 0.714. The summed E-state index contributed by atoms with van der Waals surface area (Å²) >= 11 is 0. The number of piperidine rings is 2. The maximum Gasteiger partial charge on any atom is 0.254 e. The number of amides is 2. The van der Waals surface area contributed by atoms with Gasteiger partial charge in [0, 0.05) is 56.2 Å². The summed E-state index contributed by atoms with van der Waals surface area (Å²) in [7, 11) is 0. The van der Waals surface area contributed by atoms with Crippen molar-refractivity contribution in [2.45, 2.75) is 37.6 Å². The molecule has 5 rings (SSSR count). The maximum absolute atomic E-state index is 13.6. The fourth-order valence-electron chi connectivity index (χ4n) is 5.93. The van der Waals surface area contributed by atoms with Crippen LogP contribution in [0.3, 0.4) is 0 Å². The lowest BCUT2D eigenvalue weighted by atomic mass is 9.81. The summed E-state index contributed by atoms with van der Waals surface area (Å²) in [6.45, 7) is 4.42. The van der Waals surface area contributed by atoms with Crippen LogP contribution in [0.5, 0.6) is 0 Å². The number of carbonyl (C=O) groups excluding carboxylic acids is 2. The molecule has 174 valence electrons. The van der Waals surface area contributed by atoms with Gasteiger partial charge in [-0.25, -0.2) is 4.39 Å².